The van der Waals surface area contributed by atoms with E-state index in [-0.39, 0.29) is 18.6 Å². The molecule has 1 fully saturated rings. The minimum atomic E-state index is -0.108. The van der Waals surface area contributed by atoms with E-state index in [0.717, 1.165) is 38.5 Å². The lowest BCUT2D eigenvalue weighted by atomic mass is 10.0. The number of amides is 1. The molecule has 1 heterocycles. The van der Waals surface area contributed by atoms with Crippen LogP contribution in [0.5, 0.6) is 5.75 Å². The van der Waals surface area contributed by atoms with E-state index in [1.807, 2.05) is 42.5 Å². The number of hydrogen-bond donors (Lipinski definition) is 1. The van der Waals surface area contributed by atoms with E-state index < -0.39 is 0 Å². The quantitative estimate of drug-likeness (QED) is 0.778. The summed E-state index contributed by atoms with van der Waals surface area (Å²) < 4.78 is 11.1. The molecule has 0 spiro atoms. The molecular weight excluding hydrogens is 340 g/mol. The molecule has 5 nitrogen and oxygen atoms in total. The van der Waals surface area contributed by atoms with Gasteiger partial charge in [0, 0.05) is 19.6 Å². The van der Waals surface area contributed by atoms with Crippen LogP contribution in [0.1, 0.15) is 24.1 Å². The average molecular weight is 368 g/mol. The fourth-order valence-electron chi connectivity index (χ4n) is 3.25. The second kappa shape index (κ2) is 10.1. The summed E-state index contributed by atoms with van der Waals surface area (Å²) in [7, 11) is 0. The monoisotopic (exact) mass is 368 g/mol. The predicted octanol–water partition coefficient (Wildman–Crippen LogP) is 2.82. The number of carbonyl (C=O) groups is 1. The number of morpholine rings is 1. The molecule has 1 N–H and O–H groups in total. The second-order valence-corrected chi connectivity index (χ2v) is 6.67. The summed E-state index contributed by atoms with van der Waals surface area (Å²) in [6.45, 7) is 5.89. The van der Waals surface area contributed by atoms with Crippen molar-refractivity contribution in [3.8, 4) is 5.75 Å². The van der Waals surface area contributed by atoms with Gasteiger partial charge in [0.1, 0.15) is 5.75 Å². The third kappa shape index (κ3) is 5.81. The van der Waals surface area contributed by atoms with Crippen LogP contribution < -0.4 is 10.1 Å². The van der Waals surface area contributed by atoms with Gasteiger partial charge in [0.2, 0.25) is 0 Å². The van der Waals surface area contributed by atoms with Crippen LogP contribution >= 0.6 is 0 Å². The van der Waals surface area contributed by atoms with Crippen LogP contribution in [0.2, 0.25) is 0 Å². The highest BCUT2D eigenvalue weighted by molar-refractivity contribution is 5.77. The molecule has 1 saturated heterocycles. The lowest BCUT2D eigenvalue weighted by Gasteiger charge is -2.34. The topological polar surface area (TPSA) is 50.8 Å². The number of benzene rings is 2. The molecule has 5 heteroatoms. The van der Waals surface area contributed by atoms with Gasteiger partial charge in [-0.1, -0.05) is 49.4 Å². The Kier molecular flexibility index (Phi) is 7.25. The van der Waals surface area contributed by atoms with Crippen molar-refractivity contribution in [2.24, 2.45) is 0 Å². The van der Waals surface area contributed by atoms with E-state index in [1.54, 1.807) is 0 Å². The fourth-order valence-corrected chi connectivity index (χ4v) is 3.25. The van der Waals surface area contributed by atoms with Gasteiger partial charge in [-0.25, -0.2) is 0 Å². The van der Waals surface area contributed by atoms with E-state index in [0.29, 0.717) is 6.54 Å². The first-order valence-corrected chi connectivity index (χ1v) is 9.61. The van der Waals surface area contributed by atoms with Gasteiger partial charge in [0.25, 0.3) is 5.91 Å². The van der Waals surface area contributed by atoms with Gasteiger partial charge in [0.15, 0.2) is 6.61 Å². The number of nitrogens with zero attached hydrogens (tertiary/aromatic N) is 1. The average Bonchev–Trinajstić information content (AvgIpc) is 2.74. The van der Waals surface area contributed by atoms with E-state index >= 15 is 0 Å². The van der Waals surface area contributed by atoms with Crippen molar-refractivity contribution >= 4 is 5.91 Å². The van der Waals surface area contributed by atoms with Crippen LogP contribution in [0.25, 0.3) is 0 Å². The first-order chi connectivity index (χ1) is 13.3. The summed E-state index contributed by atoms with van der Waals surface area (Å²) in [4.78, 5) is 14.6. The van der Waals surface area contributed by atoms with Crippen LogP contribution in [0.15, 0.2) is 54.6 Å². The lowest BCUT2D eigenvalue weighted by Crippen LogP contribution is -2.44. The van der Waals surface area contributed by atoms with Crippen molar-refractivity contribution in [3.63, 3.8) is 0 Å². The Labute approximate surface area is 161 Å². The number of hydrogen-bond acceptors (Lipinski definition) is 4. The van der Waals surface area contributed by atoms with Gasteiger partial charge in [-0.15, -0.1) is 0 Å². The van der Waals surface area contributed by atoms with Crippen LogP contribution in [-0.4, -0.2) is 50.3 Å². The Hall–Kier alpha value is -2.37. The highest BCUT2D eigenvalue weighted by atomic mass is 16.5. The van der Waals surface area contributed by atoms with E-state index in [2.05, 4.69) is 29.3 Å². The molecule has 0 aromatic heterocycles. The lowest BCUT2D eigenvalue weighted by molar-refractivity contribution is -0.123. The number of ether oxygens (including phenoxy) is 2. The van der Waals surface area contributed by atoms with Crippen LogP contribution in [0, 0.1) is 0 Å². The van der Waals surface area contributed by atoms with Crippen molar-refractivity contribution in [1.82, 2.24) is 10.2 Å². The molecule has 1 unspecified atom stereocenters. The molecule has 27 heavy (non-hydrogen) atoms. The molecule has 1 atom stereocenters. The molecular formula is C22H28N2O3. The normalized spacial score (nSPS) is 15.9. The molecule has 3 rings (SSSR count). The Morgan fingerprint density at radius 2 is 1.81 bits per heavy atom. The Balaban J connectivity index is 1.53. The predicted molar refractivity (Wildman–Crippen MR) is 106 cm³/mol. The smallest absolute Gasteiger partial charge is 0.258 e. The van der Waals surface area contributed by atoms with E-state index in [9.17, 15) is 4.79 Å². The van der Waals surface area contributed by atoms with Gasteiger partial charge in [-0.3, -0.25) is 9.69 Å². The number of carbonyl (C=O) groups excluding carboxylic acids is 1. The minimum Gasteiger partial charge on any atom is -0.484 e. The molecule has 1 amide bonds. The van der Waals surface area contributed by atoms with Gasteiger partial charge < -0.3 is 14.8 Å². The molecule has 1 aliphatic heterocycles. The van der Waals surface area contributed by atoms with Crippen LogP contribution in [-0.2, 0) is 16.0 Å². The van der Waals surface area contributed by atoms with Crippen molar-refractivity contribution in [1.29, 1.82) is 0 Å². The molecule has 0 aliphatic carbocycles. The number of aryl methyl sites for hydroxylation is 1. The maximum atomic E-state index is 12.3. The molecule has 144 valence electrons. The zero-order valence-electron chi connectivity index (χ0n) is 15.9. The van der Waals surface area contributed by atoms with Crippen molar-refractivity contribution < 1.29 is 14.3 Å². The van der Waals surface area contributed by atoms with E-state index in [4.69, 9.17) is 9.47 Å². The Morgan fingerprint density at radius 1 is 1.11 bits per heavy atom. The Bertz CT molecular complexity index is 697. The molecule has 0 bridgehead atoms. The van der Waals surface area contributed by atoms with E-state index in [1.165, 1.54) is 11.1 Å². The third-order valence-electron chi connectivity index (χ3n) is 4.86. The van der Waals surface area contributed by atoms with Gasteiger partial charge in [-0.05, 0) is 29.7 Å². The number of nitrogens with one attached hydrogen (secondary N) is 1. The zero-order valence-corrected chi connectivity index (χ0v) is 15.9. The zero-order chi connectivity index (χ0) is 18.9. The van der Waals surface area contributed by atoms with Gasteiger partial charge >= 0.3 is 0 Å². The highest BCUT2D eigenvalue weighted by Gasteiger charge is 2.23. The summed E-state index contributed by atoms with van der Waals surface area (Å²) in [6, 6.07) is 18.3. The standard InChI is InChI=1S/C22H28N2O3/c1-2-18-8-10-20(11-9-18)27-17-22(25)23-16-21(19-6-4-3-5-7-19)24-12-14-26-15-13-24/h3-11,21H,2,12-17H2,1H3,(H,23,25). The maximum absolute atomic E-state index is 12.3. The largest absolute Gasteiger partial charge is 0.484 e. The SMILES string of the molecule is CCc1ccc(OCC(=O)NCC(c2ccccc2)N2CCOCC2)cc1. The molecule has 0 radical (unpaired) electrons. The number of rotatable bonds is 8. The summed E-state index contributed by atoms with van der Waals surface area (Å²) in [5.41, 5.74) is 2.46. The van der Waals surface area contributed by atoms with Gasteiger partial charge in [0.05, 0.1) is 19.3 Å². The summed E-state index contributed by atoms with van der Waals surface area (Å²) in [6.07, 6.45) is 0.989. The van der Waals surface area contributed by atoms with Crippen LogP contribution in [0.3, 0.4) is 0 Å². The first-order valence-electron chi connectivity index (χ1n) is 9.61. The highest BCUT2D eigenvalue weighted by Crippen LogP contribution is 2.21. The second-order valence-electron chi connectivity index (χ2n) is 6.67. The Morgan fingerprint density at radius 3 is 2.48 bits per heavy atom. The first kappa shape index (κ1) is 19.4. The molecule has 1 aliphatic rings. The molecule has 2 aromatic rings. The third-order valence-corrected chi connectivity index (χ3v) is 4.86. The van der Waals surface area contributed by atoms with Crippen LogP contribution in [0.4, 0.5) is 0 Å². The maximum Gasteiger partial charge on any atom is 0.258 e. The summed E-state index contributed by atoms with van der Waals surface area (Å²) in [5, 5.41) is 3.02. The minimum absolute atomic E-state index is 0.0239. The van der Waals surface area contributed by atoms with Crippen molar-refractivity contribution in [2.45, 2.75) is 19.4 Å². The van der Waals surface area contributed by atoms with Crippen molar-refractivity contribution in [2.75, 3.05) is 39.5 Å². The molecule has 0 saturated carbocycles. The molecule has 2 aromatic carbocycles. The van der Waals surface area contributed by atoms with Crippen molar-refractivity contribution in [3.05, 3.63) is 65.7 Å². The van der Waals surface area contributed by atoms with Gasteiger partial charge in [-0.2, -0.15) is 0 Å². The summed E-state index contributed by atoms with van der Waals surface area (Å²) in [5.74, 6) is 0.610. The fraction of sp³-hybridized carbons (Fsp3) is 0.409. The summed E-state index contributed by atoms with van der Waals surface area (Å²) >= 11 is 0.